The van der Waals surface area contributed by atoms with E-state index in [-0.39, 0.29) is 36.3 Å². The topological polar surface area (TPSA) is 130 Å². The summed E-state index contributed by atoms with van der Waals surface area (Å²) in [5.74, 6) is -4.03. The highest BCUT2D eigenvalue weighted by Crippen LogP contribution is 2.50. The molecule has 13 heteroatoms. The maximum absolute atomic E-state index is 16.3. The monoisotopic (exact) mass is 578 g/mol. The summed E-state index contributed by atoms with van der Waals surface area (Å²) >= 11 is 0. The molecule has 222 valence electrons. The summed E-state index contributed by atoms with van der Waals surface area (Å²) < 4.78 is 52.9. The molecule has 2 saturated carbocycles. The zero-order valence-electron chi connectivity index (χ0n) is 23.4. The fourth-order valence-corrected chi connectivity index (χ4v) is 5.97. The Morgan fingerprint density at radius 3 is 2.29 bits per heavy atom. The number of hydrogen-bond donors (Lipinski definition) is 3. The third kappa shape index (κ3) is 5.10. The van der Waals surface area contributed by atoms with Crippen LogP contribution in [0.2, 0.25) is 0 Å². The van der Waals surface area contributed by atoms with E-state index in [1.165, 1.54) is 16.4 Å². The van der Waals surface area contributed by atoms with Gasteiger partial charge in [0.15, 0.2) is 5.82 Å². The van der Waals surface area contributed by atoms with Gasteiger partial charge in [0, 0.05) is 38.5 Å². The minimum Gasteiger partial charge on any atom is -0.477 e. The number of rotatable bonds is 6. The summed E-state index contributed by atoms with van der Waals surface area (Å²) in [4.78, 5) is 51.2. The summed E-state index contributed by atoms with van der Waals surface area (Å²) in [5.41, 5.74) is -3.73. The number of aryl methyl sites for hydroxylation is 1. The molecular weight excluding hydrogens is 545 g/mol. The molecule has 1 aromatic carbocycles. The average molecular weight is 579 g/mol. The first-order chi connectivity index (χ1) is 19.0. The molecule has 3 fully saturated rings. The van der Waals surface area contributed by atoms with Crippen molar-refractivity contribution in [1.29, 1.82) is 0 Å². The van der Waals surface area contributed by atoms with E-state index < -0.39 is 81.3 Å². The normalized spacial score (nSPS) is 24.7. The number of nitrogens with one attached hydrogen (secondary N) is 2. The van der Waals surface area contributed by atoms with E-state index in [2.05, 4.69) is 10.6 Å². The van der Waals surface area contributed by atoms with Gasteiger partial charge in [0.25, 0.3) is 0 Å². The Balaban J connectivity index is 1.62. The van der Waals surface area contributed by atoms with Crippen LogP contribution in [-0.2, 0) is 9.53 Å². The lowest BCUT2D eigenvalue weighted by Gasteiger charge is -2.29. The number of aromatic carboxylic acids is 1. The van der Waals surface area contributed by atoms with Crippen molar-refractivity contribution in [2.24, 2.45) is 5.92 Å². The highest BCUT2D eigenvalue weighted by Gasteiger charge is 2.57. The number of carbonyl (C=O) groups is 3. The molecule has 3 aliphatic rings. The van der Waals surface area contributed by atoms with Crippen LogP contribution in [0.4, 0.5) is 29.3 Å². The lowest BCUT2D eigenvalue weighted by molar-refractivity contribution is -0.114. The fourth-order valence-electron chi connectivity index (χ4n) is 5.97. The van der Waals surface area contributed by atoms with Crippen molar-refractivity contribution >= 4 is 40.2 Å². The molecule has 1 aromatic heterocycles. The lowest BCUT2D eigenvalue weighted by Crippen LogP contribution is -2.47. The third-order valence-corrected chi connectivity index (χ3v) is 8.01. The van der Waals surface area contributed by atoms with Crippen LogP contribution in [0, 0.1) is 18.7 Å². The Hall–Kier alpha value is -3.77. The minimum atomic E-state index is -1.58. The van der Waals surface area contributed by atoms with Crippen LogP contribution in [-0.4, -0.2) is 64.2 Å². The second kappa shape index (κ2) is 9.66. The van der Waals surface area contributed by atoms with E-state index in [9.17, 15) is 28.7 Å². The molecule has 10 nitrogen and oxygen atoms in total. The number of nitrogens with zero attached hydrogens (tertiary/aromatic N) is 2. The second-order valence-corrected chi connectivity index (χ2v) is 12.3. The lowest BCUT2D eigenvalue weighted by atomic mass is 9.95. The molecule has 3 N–H and O–H groups in total. The molecule has 1 aliphatic heterocycles. The molecule has 4 atom stereocenters. The van der Waals surface area contributed by atoms with Gasteiger partial charge in [0.1, 0.15) is 23.5 Å². The fraction of sp³-hybridized carbons (Fsp3) is 0.571. The van der Waals surface area contributed by atoms with Crippen molar-refractivity contribution in [2.45, 2.75) is 83.4 Å². The first kappa shape index (κ1) is 28.7. The number of benzene rings is 1. The maximum Gasteiger partial charge on any atom is 0.408 e. The van der Waals surface area contributed by atoms with Crippen LogP contribution in [0.15, 0.2) is 11.0 Å². The van der Waals surface area contributed by atoms with Gasteiger partial charge in [-0.05, 0) is 46.1 Å². The van der Waals surface area contributed by atoms with Crippen LogP contribution in [0.25, 0.3) is 10.9 Å². The van der Waals surface area contributed by atoms with Gasteiger partial charge in [-0.1, -0.05) is 0 Å². The number of alkyl carbamates (subject to hydrolysis) is 1. The number of hydrogen-bond acceptors (Lipinski definition) is 6. The van der Waals surface area contributed by atoms with Gasteiger partial charge in [0.05, 0.1) is 33.9 Å². The Morgan fingerprint density at radius 1 is 1.15 bits per heavy atom. The number of aromatic nitrogens is 1. The van der Waals surface area contributed by atoms with Crippen molar-refractivity contribution in [2.75, 3.05) is 23.3 Å². The molecule has 1 saturated heterocycles. The number of amides is 2. The summed E-state index contributed by atoms with van der Waals surface area (Å²) in [6, 6.07) is -0.786. The summed E-state index contributed by atoms with van der Waals surface area (Å²) in [6.07, 6.45) is -1.31. The first-order valence-corrected chi connectivity index (χ1v) is 13.5. The van der Waals surface area contributed by atoms with Crippen LogP contribution < -0.4 is 21.0 Å². The maximum atomic E-state index is 16.3. The van der Waals surface area contributed by atoms with Gasteiger partial charge >= 0.3 is 12.1 Å². The molecule has 0 spiro atoms. The van der Waals surface area contributed by atoms with Crippen LogP contribution in [0.5, 0.6) is 0 Å². The van der Waals surface area contributed by atoms with E-state index >= 15 is 8.78 Å². The SMILES string of the molecule is CC(=O)Nc1c(F)c(N2CC(F)C(C3(NC(=O)OC(C)(C)C)CC3)C2)c(C)c2c1c(=O)c(C(=O)O)cn2C1CC1F. The molecule has 2 aliphatic carbocycles. The average Bonchev–Trinajstić information content (AvgIpc) is 3.73. The molecule has 41 heavy (non-hydrogen) atoms. The Bertz CT molecular complexity index is 1530. The quantitative estimate of drug-likeness (QED) is 0.468. The van der Waals surface area contributed by atoms with Crippen molar-refractivity contribution in [3.8, 4) is 0 Å². The number of carbonyl (C=O) groups excluding carboxylic acids is 2. The molecule has 2 heterocycles. The predicted molar refractivity (Wildman–Crippen MR) is 145 cm³/mol. The Morgan fingerprint density at radius 2 is 1.78 bits per heavy atom. The van der Waals surface area contributed by atoms with Crippen molar-refractivity contribution in [3.63, 3.8) is 0 Å². The molecular formula is C28H33F3N4O6. The number of halogens is 3. The Kier molecular flexibility index (Phi) is 6.77. The summed E-state index contributed by atoms with van der Waals surface area (Å²) in [6.45, 7) is 7.51. The molecule has 5 rings (SSSR count). The smallest absolute Gasteiger partial charge is 0.408 e. The predicted octanol–water partition coefficient (Wildman–Crippen LogP) is 4.22. The molecule has 4 unspecified atom stereocenters. The summed E-state index contributed by atoms with van der Waals surface area (Å²) in [5, 5.41) is 14.4. The standard InChI is InChI=1S/C28H33F3N4O6/c1-12-22-19(24(37)14(25(38)39)9-35(22)18-8-16(18)29)21(32-13(2)36)20(31)23(12)34-10-15(17(30)11-34)28(6-7-28)33-26(40)41-27(3,4)5/h9,15-18H,6-8,10-11H2,1-5H3,(H,32,36)(H,33,40)(H,38,39). The van der Waals surface area contributed by atoms with Crippen LogP contribution >= 0.6 is 0 Å². The largest absolute Gasteiger partial charge is 0.477 e. The molecule has 0 bridgehead atoms. The number of fused-ring (bicyclic) bond motifs is 1. The zero-order valence-corrected chi connectivity index (χ0v) is 23.4. The zero-order chi connectivity index (χ0) is 30.2. The van der Waals surface area contributed by atoms with E-state index in [1.54, 1.807) is 20.8 Å². The van der Waals surface area contributed by atoms with Gasteiger partial charge in [0.2, 0.25) is 11.3 Å². The van der Waals surface area contributed by atoms with Gasteiger partial charge in [-0.25, -0.2) is 22.8 Å². The van der Waals surface area contributed by atoms with Gasteiger partial charge < -0.3 is 29.9 Å². The number of pyridine rings is 1. The van der Waals surface area contributed by atoms with Crippen molar-refractivity contribution < 1.29 is 37.4 Å². The number of anilines is 2. The number of carboxylic acid groups (broad SMARTS) is 1. The van der Waals surface area contributed by atoms with Gasteiger partial charge in [-0.15, -0.1) is 0 Å². The highest BCUT2D eigenvalue weighted by molar-refractivity contribution is 6.06. The van der Waals surface area contributed by atoms with Crippen LogP contribution in [0.1, 0.15) is 68.9 Å². The minimum absolute atomic E-state index is 0.00630. The van der Waals surface area contributed by atoms with Crippen molar-refractivity contribution in [1.82, 2.24) is 9.88 Å². The first-order valence-electron chi connectivity index (χ1n) is 13.5. The van der Waals surface area contributed by atoms with Gasteiger partial charge in [-0.3, -0.25) is 9.59 Å². The highest BCUT2D eigenvalue weighted by atomic mass is 19.1. The molecule has 2 aromatic rings. The number of ether oxygens (including phenoxy) is 1. The van der Waals surface area contributed by atoms with E-state index in [4.69, 9.17) is 4.74 Å². The molecule has 0 radical (unpaired) electrons. The van der Waals surface area contributed by atoms with Crippen LogP contribution in [0.3, 0.4) is 0 Å². The number of alkyl halides is 2. The van der Waals surface area contributed by atoms with Crippen molar-refractivity contribution in [3.05, 3.63) is 33.4 Å². The molecule has 2 amide bonds. The van der Waals surface area contributed by atoms with Gasteiger partial charge in [-0.2, -0.15) is 0 Å². The third-order valence-electron chi connectivity index (χ3n) is 8.01. The Labute approximate surface area is 233 Å². The summed E-state index contributed by atoms with van der Waals surface area (Å²) in [7, 11) is 0. The second-order valence-electron chi connectivity index (χ2n) is 12.3. The number of carboxylic acids is 1. The van der Waals surface area contributed by atoms with E-state index in [1.807, 2.05) is 0 Å². The van der Waals surface area contributed by atoms with E-state index in [0.717, 1.165) is 13.1 Å². The van der Waals surface area contributed by atoms with E-state index in [0.29, 0.717) is 12.8 Å².